The third-order valence-electron chi connectivity index (χ3n) is 4.66. The van der Waals surface area contributed by atoms with Gasteiger partial charge in [-0.15, -0.1) is 0 Å². The molecule has 2 nitrogen and oxygen atoms in total. The van der Waals surface area contributed by atoms with Crippen LogP contribution in [-0.2, 0) is 6.42 Å². The molecule has 0 spiro atoms. The lowest BCUT2D eigenvalue weighted by molar-refractivity contribution is 0.372. The van der Waals surface area contributed by atoms with E-state index in [1.54, 1.807) is 5.56 Å². The minimum absolute atomic E-state index is 0.882. The largest absolute Gasteiger partial charge is 0.371 e. The normalized spacial score (nSPS) is 21.6. The summed E-state index contributed by atoms with van der Waals surface area (Å²) < 4.78 is 0. The summed E-state index contributed by atoms with van der Waals surface area (Å²) in [7, 11) is 0. The van der Waals surface area contributed by atoms with Gasteiger partial charge in [-0.1, -0.05) is 18.2 Å². The number of rotatable bonds is 3. The van der Waals surface area contributed by atoms with Crippen LogP contribution in [0, 0.1) is 5.92 Å². The lowest BCUT2D eigenvalue weighted by Crippen LogP contribution is -2.31. The Bertz CT molecular complexity index is 390. The van der Waals surface area contributed by atoms with Crippen molar-refractivity contribution in [3.8, 4) is 0 Å². The molecule has 0 saturated carbocycles. The summed E-state index contributed by atoms with van der Waals surface area (Å²) in [5.41, 5.74) is 3.09. The van der Waals surface area contributed by atoms with Gasteiger partial charge in [0.1, 0.15) is 0 Å². The zero-order valence-corrected chi connectivity index (χ0v) is 11.9. The van der Waals surface area contributed by atoms with Crippen LogP contribution in [0.15, 0.2) is 24.3 Å². The fourth-order valence-corrected chi connectivity index (χ4v) is 3.52. The molecule has 2 heterocycles. The predicted molar refractivity (Wildman–Crippen MR) is 81.8 cm³/mol. The van der Waals surface area contributed by atoms with E-state index in [4.69, 9.17) is 0 Å². The maximum atomic E-state index is 3.47. The molecule has 2 aliphatic rings. The average molecular weight is 258 g/mol. The number of benzene rings is 1. The molecule has 2 aliphatic heterocycles. The lowest BCUT2D eigenvalue weighted by atomic mass is 9.90. The molecule has 104 valence electrons. The van der Waals surface area contributed by atoms with Crippen molar-refractivity contribution in [2.45, 2.75) is 38.5 Å². The van der Waals surface area contributed by atoms with Crippen LogP contribution in [0.3, 0.4) is 0 Å². The fraction of sp³-hybridized carbons (Fsp3) is 0.647. The van der Waals surface area contributed by atoms with Crippen molar-refractivity contribution in [3.05, 3.63) is 29.8 Å². The molecular weight excluding hydrogens is 232 g/mol. The van der Waals surface area contributed by atoms with E-state index in [1.165, 1.54) is 70.4 Å². The van der Waals surface area contributed by atoms with Crippen LogP contribution >= 0.6 is 0 Å². The van der Waals surface area contributed by atoms with Crippen molar-refractivity contribution < 1.29 is 0 Å². The topological polar surface area (TPSA) is 15.3 Å². The average Bonchev–Trinajstić information content (AvgIpc) is 2.50. The zero-order valence-electron chi connectivity index (χ0n) is 11.9. The van der Waals surface area contributed by atoms with Crippen LogP contribution in [0.4, 0.5) is 5.69 Å². The molecule has 0 aliphatic carbocycles. The van der Waals surface area contributed by atoms with Crippen molar-refractivity contribution in [2.75, 3.05) is 31.1 Å². The van der Waals surface area contributed by atoms with E-state index in [0.29, 0.717) is 0 Å². The second kappa shape index (κ2) is 6.42. The highest BCUT2D eigenvalue weighted by atomic mass is 15.1. The van der Waals surface area contributed by atoms with Crippen LogP contribution in [0.25, 0.3) is 0 Å². The Morgan fingerprint density at radius 2 is 1.74 bits per heavy atom. The van der Waals surface area contributed by atoms with Gasteiger partial charge in [0.2, 0.25) is 0 Å². The Labute approximate surface area is 117 Å². The number of hydrogen-bond donors (Lipinski definition) is 1. The van der Waals surface area contributed by atoms with Crippen LogP contribution in [0.1, 0.15) is 37.7 Å². The lowest BCUT2D eigenvalue weighted by Gasteiger charge is -2.32. The minimum Gasteiger partial charge on any atom is -0.371 e. The van der Waals surface area contributed by atoms with Crippen LogP contribution in [0.2, 0.25) is 0 Å². The van der Waals surface area contributed by atoms with Gasteiger partial charge in [-0.3, -0.25) is 0 Å². The van der Waals surface area contributed by atoms with Crippen LogP contribution < -0.4 is 10.2 Å². The summed E-state index contributed by atoms with van der Waals surface area (Å²) in [5, 5.41) is 3.47. The van der Waals surface area contributed by atoms with Gasteiger partial charge in [-0.2, -0.15) is 0 Å². The highest BCUT2D eigenvalue weighted by Gasteiger charge is 2.18. The van der Waals surface area contributed by atoms with Crippen molar-refractivity contribution in [2.24, 2.45) is 5.92 Å². The van der Waals surface area contributed by atoms with Crippen LogP contribution in [0.5, 0.6) is 0 Å². The summed E-state index contributed by atoms with van der Waals surface area (Å²) >= 11 is 0. The van der Waals surface area contributed by atoms with E-state index >= 15 is 0 Å². The third-order valence-corrected chi connectivity index (χ3v) is 4.66. The van der Waals surface area contributed by atoms with E-state index in [9.17, 15) is 0 Å². The van der Waals surface area contributed by atoms with E-state index in [2.05, 4.69) is 34.5 Å². The monoisotopic (exact) mass is 258 g/mol. The Kier molecular flexibility index (Phi) is 4.39. The number of nitrogens with one attached hydrogen (secondary N) is 1. The first-order valence-electron chi connectivity index (χ1n) is 7.97. The number of para-hydroxylation sites is 1. The van der Waals surface area contributed by atoms with Crippen molar-refractivity contribution >= 4 is 5.69 Å². The predicted octanol–water partition coefficient (Wildman–Crippen LogP) is 3.22. The maximum absolute atomic E-state index is 3.47. The molecule has 0 unspecified atom stereocenters. The molecule has 3 rings (SSSR count). The molecule has 0 bridgehead atoms. The van der Waals surface area contributed by atoms with Crippen molar-refractivity contribution in [1.82, 2.24) is 5.32 Å². The van der Waals surface area contributed by atoms with E-state index < -0.39 is 0 Å². The smallest absolute Gasteiger partial charge is 0.0398 e. The van der Waals surface area contributed by atoms with Gasteiger partial charge in [-0.25, -0.2) is 0 Å². The van der Waals surface area contributed by atoms with Gasteiger partial charge in [-0.05, 0) is 69.2 Å². The van der Waals surface area contributed by atoms with Crippen molar-refractivity contribution in [3.63, 3.8) is 0 Å². The van der Waals surface area contributed by atoms with Crippen molar-refractivity contribution in [1.29, 1.82) is 0 Å². The maximum Gasteiger partial charge on any atom is 0.0398 e. The van der Waals surface area contributed by atoms with E-state index in [0.717, 1.165) is 5.92 Å². The van der Waals surface area contributed by atoms with Gasteiger partial charge < -0.3 is 10.2 Å². The summed E-state index contributed by atoms with van der Waals surface area (Å²) in [6, 6.07) is 9.10. The first-order chi connectivity index (χ1) is 9.43. The highest BCUT2D eigenvalue weighted by molar-refractivity contribution is 5.54. The summed E-state index contributed by atoms with van der Waals surface area (Å²) in [6.45, 7) is 4.92. The van der Waals surface area contributed by atoms with E-state index in [-0.39, 0.29) is 0 Å². The highest BCUT2D eigenvalue weighted by Crippen LogP contribution is 2.28. The molecule has 0 atom stereocenters. The van der Waals surface area contributed by atoms with Gasteiger partial charge in [0.15, 0.2) is 0 Å². The van der Waals surface area contributed by atoms with Crippen LogP contribution in [-0.4, -0.2) is 26.2 Å². The molecule has 1 aromatic rings. The Morgan fingerprint density at radius 3 is 2.53 bits per heavy atom. The summed E-state index contributed by atoms with van der Waals surface area (Å²) in [4.78, 5) is 2.61. The number of piperidine rings is 2. The van der Waals surface area contributed by atoms with Gasteiger partial charge >= 0.3 is 0 Å². The Balaban J connectivity index is 1.72. The second-order valence-corrected chi connectivity index (χ2v) is 6.07. The molecule has 19 heavy (non-hydrogen) atoms. The minimum atomic E-state index is 0.882. The molecule has 2 heteroatoms. The SMILES string of the molecule is c1ccc(N2CCCCC2)c(CC2CCNCC2)c1. The third kappa shape index (κ3) is 3.30. The first kappa shape index (κ1) is 13.0. The molecule has 1 N–H and O–H groups in total. The van der Waals surface area contributed by atoms with Gasteiger partial charge in [0.25, 0.3) is 0 Å². The van der Waals surface area contributed by atoms with Gasteiger partial charge in [0.05, 0.1) is 0 Å². The molecule has 0 radical (unpaired) electrons. The molecule has 2 fully saturated rings. The van der Waals surface area contributed by atoms with E-state index in [1.807, 2.05) is 0 Å². The molecule has 2 saturated heterocycles. The van der Waals surface area contributed by atoms with Gasteiger partial charge in [0, 0.05) is 18.8 Å². The first-order valence-corrected chi connectivity index (χ1v) is 7.97. The molecule has 1 aromatic carbocycles. The summed E-state index contributed by atoms with van der Waals surface area (Å²) in [5.74, 6) is 0.882. The number of nitrogens with zero attached hydrogens (tertiary/aromatic N) is 1. The standard InChI is InChI=1S/C17H26N2/c1-4-12-19(13-5-1)17-7-3-2-6-16(17)14-15-8-10-18-11-9-15/h2-3,6-7,15,18H,1,4-5,8-14H2. The second-order valence-electron chi connectivity index (χ2n) is 6.07. The molecule has 0 amide bonds. The fourth-order valence-electron chi connectivity index (χ4n) is 3.52. The summed E-state index contributed by atoms with van der Waals surface area (Å²) in [6.07, 6.45) is 8.09. The number of hydrogen-bond acceptors (Lipinski definition) is 2. The molecular formula is C17H26N2. The molecule has 0 aromatic heterocycles. The number of anilines is 1. The quantitative estimate of drug-likeness (QED) is 0.895. The Morgan fingerprint density at radius 1 is 1.00 bits per heavy atom. The Hall–Kier alpha value is -1.02. The zero-order chi connectivity index (χ0) is 12.9.